The van der Waals surface area contributed by atoms with Crippen molar-refractivity contribution < 1.29 is 28.9 Å². The maximum atomic E-state index is 12.1. The number of hydrogen-bond acceptors (Lipinski definition) is 9. The predicted octanol–water partition coefficient (Wildman–Crippen LogP) is 5.50. The van der Waals surface area contributed by atoms with Gasteiger partial charge >= 0.3 is 6.09 Å². The van der Waals surface area contributed by atoms with Crippen LogP contribution in [0.25, 0.3) is 0 Å². The van der Waals surface area contributed by atoms with Gasteiger partial charge in [0.25, 0.3) is 11.4 Å². The lowest BCUT2D eigenvalue weighted by Crippen LogP contribution is -2.42. The maximum absolute atomic E-state index is 12.1. The molecule has 2 fully saturated rings. The smallest absolute Gasteiger partial charge is 0.410 e. The van der Waals surface area contributed by atoms with Gasteiger partial charge in [0, 0.05) is 50.2 Å². The van der Waals surface area contributed by atoms with E-state index in [1.165, 1.54) is 24.3 Å². The van der Waals surface area contributed by atoms with E-state index in [1.807, 2.05) is 30.3 Å². The summed E-state index contributed by atoms with van der Waals surface area (Å²) in [5.74, 6) is 1.30. The lowest BCUT2D eigenvalue weighted by atomic mass is 10.1. The number of nitro benzene ring substituents is 2. The van der Waals surface area contributed by atoms with Crippen LogP contribution < -0.4 is 14.8 Å². The van der Waals surface area contributed by atoms with Gasteiger partial charge in [-0.3, -0.25) is 20.2 Å². The monoisotopic (exact) mass is 578 g/mol. The highest BCUT2D eigenvalue weighted by Gasteiger charge is 2.25. The van der Waals surface area contributed by atoms with E-state index in [1.54, 1.807) is 29.2 Å². The lowest BCUT2D eigenvalue weighted by molar-refractivity contribution is -0.385. The molecule has 12 heteroatoms. The van der Waals surface area contributed by atoms with Crippen molar-refractivity contribution >= 4 is 17.5 Å². The number of rotatable bonds is 8. The minimum absolute atomic E-state index is 0.0189. The molecule has 1 N–H and O–H groups in total. The third-order valence-corrected chi connectivity index (χ3v) is 6.89. The number of hydrogen-bond donors (Lipinski definition) is 1. The number of nitro groups is 2. The van der Waals surface area contributed by atoms with Crippen molar-refractivity contribution in [2.24, 2.45) is 0 Å². The van der Waals surface area contributed by atoms with Crippen molar-refractivity contribution in [1.82, 2.24) is 10.2 Å². The van der Waals surface area contributed by atoms with Crippen LogP contribution in [0, 0.1) is 20.2 Å². The number of ether oxygens (including phenoxy) is 3. The molecule has 12 nitrogen and oxygen atoms in total. The largest absolute Gasteiger partial charge is 0.490 e. The van der Waals surface area contributed by atoms with Gasteiger partial charge in [-0.05, 0) is 55.8 Å². The number of likely N-dealkylation sites (tertiary alicyclic amines) is 1. The summed E-state index contributed by atoms with van der Waals surface area (Å²) in [4.78, 5) is 34.1. The number of benzene rings is 3. The number of nitrogens with one attached hydrogen (secondary N) is 1. The minimum Gasteiger partial charge on any atom is -0.490 e. The molecule has 3 aromatic rings. The van der Waals surface area contributed by atoms with Gasteiger partial charge in [0.2, 0.25) is 0 Å². The maximum Gasteiger partial charge on any atom is 0.410 e. The normalized spacial score (nSPS) is 15.6. The van der Waals surface area contributed by atoms with E-state index in [-0.39, 0.29) is 36.3 Å². The molecule has 2 saturated heterocycles. The molecule has 2 heterocycles. The number of piperidine rings is 2. The van der Waals surface area contributed by atoms with Crippen molar-refractivity contribution in [2.45, 2.75) is 44.5 Å². The second-order valence-corrected chi connectivity index (χ2v) is 9.91. The van der Waals surface area contributed by atoms with Crippen LogP contribution in [-0.4, -0.2) is 59.2 Å². The third kappa shape index (κ3) is 9.44. The molecule has 0 bridgehead atoms. The fraction of sp³-hybridized carbons (Fsp3) is 0.367. The molecule has 2 aliphatic heterocycles. The van der Waals surface area contributed by atoms with Gasteiger partial charge in [-0.1, -0.05) is 30.3 Å². The van der Waals surface area contributed by atoms with E-state index >= 15 is 0 Å². The summed E-state index contributed by atoms with van der Waals surface area (Å²) < 4.78 is 16.9. The number of carbonyl (C=O) groups is 1. The van der Waals surface area contributed by atoms with Crippen LogP contribution >= 0.6 is 0 Å². The molecule has 42 heavy (non-hydrogen) atoms. The van der Waals surface area contributed by atoms with Gasteiger partial charge in [-0.15, -0.1) is 0 Å². The SMILES string of the molecule is O=C(OCc1ccccc1)N1CCC(Oc2ccc([N+](=O)[O-])cc2)CC1.O=[N+]([O-])c1ccc(OC2CCNCC2)cc1. The van der Waals surface area contributed by atoms with Crippen molar-refractivity contribution in [3.63, 3.8) is 0 Å². The zero-order valence-corrected chi connectivity index (χ0v) is 23.1. The van der Waals surface area contributed by atoms with E-state index in [2.05, 4.69) is 5.32 Å². The zero-order chi connectivity index (χ0) is 29.7. The van der Waals surface area contributed by atoms with Gasteiger partial charge < -0.3 is 24.4 Å². The first-order valence-electron chi connectivity index (χ1n) is 13.9. The van der Waals surface area contributed by atoms with Gasteiger partial charge in [0.05, 0.1) is 9.85 Å². The molecular weight excluding hydrogens is 544 g/mol. The van der Waals surface area contributed by atoms with Crippen LogP contribution in [0.3, 0.4) is 0 Å². The number of non-ortho nitro benzene ring substituents is 2. The van der Waals surface area contributed by atoms with Crippen molar-refractivity contribution in [1.29, 1.82) is 0 Å². The summed E-state index contributed by atoms with van der Waals surface area (Å²) in [5, 5.41) is 24.4. The fourth-order valence-electron chi connectivity index (χ4n) is 4.56. The quantitative estimate of drug-likeness (QED) is 0.270. The molecule has 0 aliphatic carbocycles. The van der Waals surface area contributed by atoms with E-state index in [0.29, 0.717) is 37.4 Å². The van der Waals surface area contributed by atoms with E-state index in [9.17, 15) is 25.0 Å². The first-order chi connectivity index (χ1) is 20.4. The van der Waals surface area contributed by atoms with E-state index in [0.717, 1.165) is 31.5 Å². The van der Waals surface area contributed by atoms with E-state index < -0.39 is 9.85 Å². The highest BCUT2D eigenvalue weighted by atomic mass is 16.6. The molecule has 0 atom stereocenters. The van der Waals surface area contributed by atoms with Crippen molar-refractivity contribution in [3.8, 4) is 11.5 Å². The Bertz CT molecular complexity index is 1290. The van der Waals surface area contributed by atoms with Crippen LogP contribution in [0.4, 0.5) is 16.2 Å². The Morgan fingerprint density at radius 3 is 1.69 bits per heavy atom. The molecule has 2 aliphatic rings. The van der Waals surface area contributed by atoms with Crippen LogP contribution in [0.15, 0.2) is 78.9 Å². The Kier molecular flexibility index (Phi) is 11.0. The lowest BCUT2D eigenvalue weighted by Gasteiger charge is -2.31. The second-order valence-electron chi connectivity index (χ2n) is 9.91. The second kappa shape index (κ2) is 15.3. The van der Waals surface area contributed by atoms with Crippen LogP contribution in [-0.2, 0) is 11.3 Å². The van der Waals surface area contributed by atoms with Crippen molar-refractivity contribution in [3.05, 3.63) is 105 Å². The summed E-state index contributed by atoms with van der Waals surface area (Å²) >= 11 is 0. The van der Waals surface area contributed by atoms with E-state index in [4.69, 9.17) is 14.2 Å². The first-order valence-corrected chi connectivity index (χ1v) is 13.9. The Balaban J connectivity index is 0.000000216. The Hall–Kier alpha value is -4.71. The zero-order valence-electron chi connectivity index (χ0n) is 23.1. The Morgan fingerprint density at radius 2 is 1.21 bits per heavy atom. The first kappa shape index (κ1) is 30.3. The standard InChI is InChI=1S/C19H20N2O5.C11H14N2O3/c22-19(25-14-15-4-2-1-3-5-15)20-12-10-18(11-13-20)26-17-8-6-16(7-9-17)21(23)24;14-13(15)9-1-3-10(4-2-9)16-11-5-7-12-8-6-11/h1-9,18H,10-14H2;1-4,11-12H,5-8H2. The topological polar surface area (TPSA) is 146 Å². The highest BCUT2D eigenvalue weighted by molar-refractivity contribution is 5.67. The third-order valence-electron chi connectivity index (χ3n) is 6.89. The van der Waals surface area contributed by atoms with Crippen LogP contribution in [0.1, 0.15) is 31.2 Å². The minimum atomic E-state index is -0.441. The molecular formula is C30H34N4O8. The molecule has 0 saturated carbocycles. The van der Waals surface area contributed by atoms with Gasteiger partial charge in [0.15, 0.2) is 0 Å². The average molecular weight is 579 g/mol. The molecule has 0 unspecified atom stereocenters. The summed E-state index contributed by atoms with van der Waals surface area (Å²) in [6.45, 7) is 3.32. The van der Waals surface area contributed by atoms with Gasteiger partial charge in [0.1, 0.15) is 30.3 Å². The molecule has 0 aromatic heterocycles. The summed E-state index contributed by atoms with van der Waals surface area (Å²) in [6, 6.07) is 21.8. The molecule has 1 amide bonds. The molecule has 3 aromatic carbocycles. The van der Waals surface area contributed by atoms with Crippen LogP contribution in [0.2, 0.25) is 0 Å². The summed E-state index contributed by atoms with van der Waals surface area (Å²) in [5.41, 5.74) is 1.09. The summed E-state index contributed by atoms with van der Waals surface area (Å²) in [7, 11) is 0. The average Bonchev–Trinajstić information content (AvgIpc) is 3.02. The Labute approximate surface area is 243 Å². The van der Waals surface area contributed by atoms with Gasteiger partial charge in [-0.25, -0.2) is 4.79 Å². The number of nitrogens with zero attached hydrogens (tertiary/aromatic N) is 3. The Morgan fingerprint density at radius 1 is 0.738 bits per heavy atom. The molecule has 222 valence electrons. The molecule has 0 radical (unpaired) electrons. The summed E-state index contributed by atoms with van der Waals surface area (Å²) in [6.07, 6.45) is 3.24. The van der Waals surface area contributed by atoms with Crippen molar-refractivity contribution in [2.75, 3.05) is 26.2 Å². The number of amides is 1. The molecule has 5 rings (SSSR count). The molecule has 0 spiro atoms. The number of carbonyl (C=O) groups excluding carboxylic acids is 1. The van der Waals surface area contributed by atoms with Crippen LogP contribution in [0.5, 0.6) is 11.5 Å². The fourth-order valence-corrected chi connectivity index (χ4v) is 4.56. The predicted molar refractivity (Wildman–Crippen MR) is 155 cm³/mol. The van der Waals surface area contributed by atoms with Gasteiger partial charge in [-0.2, -0.15) is 0 Å². The highest BCUT2D eigenvalue weighted by Crippen LogP contribution is 2.23.